The molecule has 1 aliphatic carbocycles. The number of ether oxygens (including phenoxy) is 1. The Kier molecular flexibility index (Phi) is 3.41. The van der Waals surface area contributed by atoms with Crippen LogP contribution in [0.5, 0.6) is 5.75 Å². The Morgan fingerprint density at radius 1 is 1.40 bits per heavy atom. The number of para-hydroxylation sites is 1. The molecule has 5 heteroatoms. The third kappa shape index (κ3) is 2.82. The van der Waals surface area contributed by atoms with Crippen LogP contribution in [0, 0.1) is 6.92 Å². The minimum atomic E-state index is -0.203. The molecule has 1 fully saturated rings. The number of anilines is 1. The van der Waals surface area contributed by atoms with Crippen LogP contribution < -0.4 is 10.1 Å². The van der Waals surface area contributed by atoms with Gasteiger partial charge in [-0.1, -0.05) is 18.2 Å². The van der Waals surface area contributed by atoms with Gasteiger partial charge in [-0.05, 0) is 31.9 Å². The zero-order valence-electron chi connectivity index (χ0n) is 11.3. The summed E-state index contributed by atoms with van der Waals surface area (Å²) in [6.07, 6.45) is 2.40. The molecule has 2 N–H and O–H groups in total. The van der Waals surface area contributed by atoms with Gasteiger partial charge in [0.1, 0.15) is 5.75 Å². The van der Waals surface area contributed by atoms with Gasteiger partial charge >= 0.3 is 0 Å². The number of hydrogen-bond acceptors (Lipinski definition) is 3. The third-order valence-corrected chi connectivity index (χ3v) is 3.40. The molecule has 0 aliphatic heterocycles. The van der Waals surface area contributed by atoms with E-state index in [0.717, 1.165) is 11.3 Å². The Bertz CT molecular complexity index is 603. The molecule has 1 aromatic heterocycles. The van der Waals surface area contributed by atoms with Crippen LogP contribution in [0.1, 0.15) is 30.0 Å². The summed E-state index contributed by atoms with van der Waals surface area (Å²) >= 11 is 0. The van der Waals surface area contributed by atoms with Gasteiger partial charge < -0.3 is 10.1 Å². The second-order valence-corrected chi connectivity index (χ2v) is 5.04. The van der Waals surface area contributed by atoms with Gasteiger partial charge in [-0.15, -0.1) is 0 Å². The van der Waals surface area contributed by atoms with Gasteiger partial charge in [-0.25, -0.2) is 0 Å². The topological polar surface area (TPSA) is 67.0 Å². The van der Waals surface area contributed by atoms with Crippen molar-refractivity contribution in [2.24, 2.45) is 0 Å². The quantitative estimate of drug-likeness (QED) is 0.878. The molecule has 1 saturated carbocycles. The number of rotatable bonds is 5. The van der Waals surface area contributed by atoms with E-state index in [4.69, 9.17) is 4.74 Å². The molecule has 5 nitrogen and oxygen atoms in total. The number of benzene rings is 1. The monoisotopic (exact) mass is 271 g/mol. The highest BCUT2D eigenvalue weighted by Gasteiger charge is 2.28. The maximum Gasteiger partial charge on any atom is 0.263 e. The summed E-state index contributed by atoms with van der Waals surface area (Å²) < 4.78 is 5.40. The van der Waals surface area contributed by atoms with Gasteiger partial charge in [0, 0.05) is 17.2 Å². The van der Waals surface area contributed by atoms with Crippen LogP contribution in [-0.4, -0.2) is 22.7 Å². The van der Waals surface area contributed by atoms with Crippen LogP contribution in [0.4, 0.5) is 5.82 Å². The van der Waals surface area contributed by atoms with Crippen LogP contribution in [0.25, 0.3) is 0 Å². The van der Waals surface area contributed by atoms with Gasteiger partial charge in [-0.3, -0.25) is 9.89 Å². The summed E-state index contributed by atoms with van der Waals surface area (Å²) in [6.45, 7) is 1.96. The Morgan fingerprint density at radius 3 is 2.85 bits per heavy atom. The fraction of sp³-hybridized carbons (Fsp3) is 0.333. The van der Waals surface area contributed by atoms with Gasteiger partial charge in [0.15, 0.2) is 12.4 Å². The standard InChI is InChI=1S/C15H17N3O2/c1-10-14(11-7-8-11)17-18-15(10)16-13(19)9-20-12-5-3-2-4-6-12/h2-6,11H,7-9H2,1H3,(H2,16,17,18,19). The van der Waals surface area contributed by atoms with Crippen molar-refractivity contribution in [2.45, 2.75) is 25.7 Å². The molecule has 1 aromatic carbocycles. The van der Waals surface area contributed by atoms with Gasteiger partial charge in [-0.2, -0.15) is 5.10 Å². The first-order valence-electron chi connectivity index (χ1n) is 6.76. The van der Waals surface area contributed by atoms with E-state index in [1.807, 2.05) is 37.3 Å². The summed E-state index contributed by atoms with van der Waals surface area (Å²) in [6, 6.07) is 9.27. The van der Waals surface area contributed by atoms with Crippen molar-refractivity contribution in [3.8, 4) is 5.75 Å². The maximum atomic E-state index is 11.8. The smallest absolute Gasteiger partial charge is 0.263 e. The Balaban J connectivity index is 1.56. The van der Waals surface area contributed by atoms with Gasteiger partial charge in [0.25, 0.3) is 5.91 Å². The Labute approximate surface area is 117 Å². The van der Waals surface area contributed by atoms with Crippen molar-refractivity contribution in [1.82, 2.24) is 10.2 Å². The zero-order valence-corrected chi connectivity index (χ0v) is 11.3. The van der Waals surface area contributed by atoms with E-state index in [-0.39, 0.29) is 12.5 Å². The second kappa shape index (κ2) is 5.36. The van der Waals surface area contributed by atoms with E-state index in [2.05, 4.69) is 15.5 Å². The molecule has 0 spiro atoms. The highest BCUT2D eigenvalue weighted by molar-refractivity contribution is 5.91. The van der Waals surface area contributed by atoms with Crippen molar-refractivity contribution in [3.05, 3.63) is 41.6 Å². The number of carbonyl (C=O) groups excluding carboxylic acids is 1. The number of amides is 1. The highest BCUT2D eigenvalue weighted by atomic mass is 16.5. The van der Waals surface area contributed by atoms with E-state index >= 15 is 0 Å². The van der Waals surface area contributed by atoms with E-state index in [1.165, 1.54) is 12.8 Å². The van der Waals surface area contributed by atoms with E-state index in [1.54, 1.807) is 0 Å². The summed E-state index contributed by atoms with van der Waals surface area (Å²) in [5.74, 6) is 1.67. The molecule has 2 aromatic rings. The summed E-state index contributed by atoms with van der Waals surface area (Å²) in [7, 11) is 0. The molecular formula is C15H17N3O2. The Hall–Kier alpha value is -2.30. The molecule has 0 unspecified atom stereocenters. The average Bonchev–Trinajstić information content (AvgIpc) is 3.24. The lowest BCUT2D eigenvalue weighted by molar-refractivity contribution is -0.118. The first kappa shape index (κ1) is 12.7. The minimum Gasteiger partial charge on any atom is -0.484 e. The van der Waals surface area contributed by atoms with Crippen molar-refractivity contribution < 1.29 is 9.53 Å². The number of hydrogen-bond donors (Lipinski definition) is 2. The first-order valence-corrected chi connectivity index (χ1v) is 6.76. The predicted octanol–water partition coefficient (Wildman–Crippen LogP) is 2.61. The van der Waals surface area contributed by atoms with Crippen LogP contribution >= 0.6 is 0 Å². The SMILES string of the molecule is Cc1c(NC(=O)COc2ccccc2)n[nH]c1C1CC1. The molecule has 1 amide bonds. The van der Waals surface area contributed by atoms with E-state index in [0.29, 0.717) is 17.5 Å². The van der Waals surface area contributed by atoms with Crippen molar-refractivity contribution in [1.29, 1.82) is 0 Å². The average molecular weight is 271 g/mol. The third-order valence-electron chi connectivity index (χ3n) is 3.40. The maximum absolute atomic E-state index is 11.8. The largest absolute Gasteiger partial charge is 0.484 e. The molecule has 0 atom stereocenters. The Morgan fingerprint density at radius 2 is 2.15 bits per heavy atom. The highest BCUT2D eigenvalue weighted by Crippen LogP contribution is 2.41. The number of nitrogens with zero attached hydrogens (tertiary/aromatic N) is 1. The van der Waals surface area contributed by atoms with Crippen LogP contribution in [0.15, 0.2) is 30.3 Å². The van der Waals surface area contributed by atoms with E-state index in [9.17, 15) is 4.79 Å². The lowest BCUT2D eigenvalue weighted by Gasteiger charge is -2.06. The lowest BCUT2D eigenvalue weighted by Crippen LogP contribution is -2.20. The van der Waals surface area contributed by atoms with Crippen molar-refractivity contribution in [2.75, 3.05) is 11.9 Å². The molecule has 0 bridgehead atoms. The van der Waals surface area contributed by atoms with Crippen LogP contribution in [0.2, 0.25) is 0 Å². The number of carbonyl (C=O) groups is 1. The van der Waals surface area contributed by atoms with Crippen LogP contribution in [0.3, 0.4) is 0 Å². The normalized spacial score (nSPS) is 14.1. The number of H-pyrrole nitrogens is 1. The molecule has 1 heterocycles. The fourth-order valence-corrected chi connectivity index (χ4v) is 2.14. The first-order chi connectivity index (χ1) is 9.74. The lowest BCUT2D eigenvalue weighted by atomic mass is 10.2. The molecule has 0 saturated heterocycles. The number of nitrogens with one attached hydrogen (secondary N) is 2. The van der Waals surface area contributed by atoms with E-state index < -0.39 is 0 Å². The molecular weight excluding hydrogens is 254 g/mol. The summed E-state index contributed by atoms with van der Waals surface area (Å²) in [5, 5.41) is 9.95. The number of aromatic amines is 1. The summed E-state index contributed by atoms with van der Waals surface area (Å²) in [4.78, 5) is 11.8. The second-order valence-electron chi connectivity index (χ2n) is 5.04. The number of aromatic nitrogens is 2. The zero-order chi connectivity index (χ0) is 13.9. The van der Waals surface area contributed by atoms with Crippen LogP contribution in [-0.2, 0) is 4.79 Å². The fourth-order valence-electron chi connectivity index (χ4n) is 2.14. The molecule has 3 rings (SSSR count). The minimum absolute atomic E-state index is 0.0188. The van der Waals surface area contributed by atoms with Gasteiger partial charge in [0.05, 0.1) is 0 Å². The molecule has 1 aliphatic rings. The summed E-state index contributed by atoms with van der Waals surface area (Å²) in [5.41, 5.74) is 2.17. The predicted molar refractivity (Wildman–Crippen MR) is 75.9 cm³/mol. The molecule has 20 heavy (non-hydrogen) atoms. The molecule has 0 radical (unpaired) electrons. The van der Waals surface area contributed by atoms with Crippen molar-refractivity contribution in [3.63, 3.8) is 0 Å². The van der Waals surface area contributed by atoms with Crippen molar-refractivity contribution >= 4 is 11.7 Å². The molecule has 104 valence electrons. The van der Waals surface area contributed by atoms with Gasteiger partial charge in [0.2, 0.25) is 0 Å².